The molecule has 2 fully saturated rings. The van der Waals surface area contributed by atoms with Gasteiger partial charge in [0.15, 0.2) is 5.11 Å². The van der Waals surface area contributed by atoms with Crippen molar-refractivity contribution in [3.05, 3.63) is 82.4 Å². The molecule has 2 aromatic heterocycles. The van der Waals surface area contributed by atoms with E-state index in [4.69, 9.17) is 21.4 Å². The molecule has 2 saturated heterocycles. The number of aromatic nitrogens is 1. The van der Waals surface area contributed by atoms with E-state index in [0.29, 0.717) is 16.4 Å². The zero-order valence-electron chi connectivity index (χ0n) is 19.2. The first-order valence-corrected chi connectivity index (χ1v) is 12.1. The Labute approximate surface area is 208 Å². The van der Waals surface area contributed by atoms with Crippen molar-refractivity contribution in [3.63, 3.8) is 0 Å². The van der Waals surface area contributed by atoms with Crippen LogP contribution in [0.1, 0.15) is 30.0 Å². The minimum absolute atomic E-state index is 0.0280. The zero-order valence-corrected chi connectivity index (χ0v) is 20.0. The highest BCUT2D eigenvalue weighted by Gasteiger charge is 2.41. The Morgan fingerprint density at radius 1 is 1.11 bits per heavy atom. The lowest BCUT2D eigenvalue weighted by Crippen LogP contribution is -2.38. The molecule has 4 heterocycles. The van der Waals surface area contributed by atoms with Crippen molar-refractivity contribution in [1.29, 1.82) is 0 Å². The molecule has 5 rings (SSSR count). The molecule has 0 bridgehead atoms. The van der Waals surface area contributed by atoms with Crippen LogP contribution in [0.5, 0.6) is 0 Å². The Bertz CT molecular complexity index is 1180. The third-order valence-corrected chi connectivity index (χ3v) is 6.79. The number of nitro benzene ring substituents is 1. The molecular formula is C25H27N5O4S. The first-order chi connectivity index (χ1) is 17.1. The van der Waals surface area contributed by atoms with E-state index in [9.17, 15) is 10.1 Å². The van der Waals surface area contributed by atoms with E-state index in [2.05, 4.69) is 20.1 Å². The van der Waals surface area contributed by atoms with Gasteiger partial charge in [-0.2, -0.15) is 0 Å². The van der Waals surface area contributed by atoms with Gasteiger partial charge in [-0.25, -0.2) is 0 Å². The van der Waals surface area contributed by atoms with Crippen LogP contribution in [0.15, 0.2) is 65.2 Å². The predicted molar refractivity (Wildman–Crippen MR) is 135 cm³/mol. The zero-order chi connectivity index (χ0) is 24.2. The summed E-state index contributed by atoms with van der Waals surface area (Å²) in [7, 11) is 0. The summed E-state index contributed by atoms with van der Waals surface area (Å²) >= 11 is 5.75. The average molecular weight is 494 g/mol. The molecule has 0 spiro atoms. The second kappa shape index (κ2) is 10.5. The first-order valence-electron chi connectivity index (χ1n) is 11.7. The van der Waals surface area contributed by atoms with Crippen LogP contribution in [0.25, 0.3) is 11.3 Å². The van der Waals surface area contributed by atoms with Crippen molar-refractivity contribution in [2.75, 3.05) is 39.4 Å². The van der Waals surface area contributed by atoms with Gasteiger partial charge < -0.3 is 19.4 Å². The second-order valence-electron chi connectivity index (χ2n) is 8.64. The van der Waals surface area contributed by atoms with Crippen molar-refractivity contribution < 1.29 is 14.1 Å². The Balaban J connectivity index is 1.40. The van der Waals surface area contributed by atoms with E-state index < -0.39 is 4.92 Å². The number of nitrogens with one attached hydrogen (secondary N) is 1. The lowest BCUT2D eigenvalue weighted by Gasteiger charge is -2.29. The SMILES string of the molecule is O=[N+]([O-])c1cccc(-c2ccc([C@@H]3[C@H](c4ccccn4)NC(=S)N3CCCN3CCOCC3)o2)c1. The highest BCUT2D eigenvalue weighted by molar-refractivity contribution is 7.80. The Morgan fingerprint density at radius 2 is 1.97 bits per heavy atom. The number of nitrogens with zero attached hydrogens (tertiary/aromatic N) is 4. The summed E-state index contributed by atoms with van der Waals surface area (Å²) in [6.07, 6.45) is 2.72. The van der Waals surface area contributed by atoms with Crippen molar-refractivity contribution in [2.45, 2.75) is 18.5 Å². The van der Waals surface area contributed by atoms with Crippen LogP contribution < -0.4 is 5.32 Å². The number of benzene rings is 1. The molecule has 0 saturated carbocycles. The Hall–Kier alpha value is -3.34. The fourth-order valence-electron chi connectivity index (χ4n) is 4.68. The average Bonchev–Trinajstić information content (AvgIpc) is 3.50. The van der Waals surface area contributed by atoms with Gasteiger partial charge in [0.05, 0.1) is 29.9 Å². The van der Waals surface area contributed by atoms with Crippen LogP contribution in [0, 0.1) is 10.1 Å². The maximum Gasteiger partial charge on any atom is 0.270 e. The van der Waals surface area contributed by atoms with E-state index in [0.717, 1.165) is 57.3 Å². The number of nitro groups is 1. The summed E-state index contributed by atoms with van der Waals surface area (Å²) < 4.78 is 11.8. The van der Waals surface area contributed by atoms with E-state index in [1.807, 2.05) is 36.4 Å². The van der Waals surface area contributed by atoms with Gasteiger partial charge in [-0.05, 0) is 42.9 Å². The molecule has 2 aliphatic rings. The minimum atomic E-state index is -0.403. The lowest BCUT2D eigenvalue weighted by molar-refractivity contribution is -0.384. The van der Waals surface area contributed by atoms with Crippen molar-refractivity contribution in [3.8, 4) is 11.3 Å². The van der Waals surface area contributed by atoms with E-state index >= 15 is 0 Å². The third kappa shape index (κ3) is 5.19. The van der Waals surface area contributed by atoms with E-state index in [1.54, 1.807) is 12.3 Å². The van der Waals surface area contributed by atoms with E-state index in [1.165, 1.54) is 12.1 Å². The van der Waals surface area contributed by atoms with Crippen LogP contribution in [-0.4, -0.2) is 64.2 Å². The summed E-state index contributed by atoms with van der Waals surface area (Å²) in [6, 6.07) is 15.7. The molecule has 1 N–H and O–H groups in total. The van der Waals surface area contributed by atoms with Crippen molar-refractivity contribution in [1.82, 2.24) is 20.1 Å². The van der Waals surface area contributed by atoms with Crippen LogP contribution >= 0.6 is 12.2 Å². The highest BCUT2D eigenvalue weighted by Crippen LogP contribution is 2.40. The monoisotopic (exact) mass is 493 g/mol. The molecule has 0 amide bonds. The number of non-ortho nitro benzene ring substituents is 1. The predicted octanol–water partition coefficient (Wildman–Crippen LogP) is 3.94. The van der Waals surface area contributed by atoms with Crippen molar-refractivity contribution >= 4 is 23.0 Å². The number of hydrogen-bond acceptors (Lipinski definition) is 7. The minimum Gasteiger partial charge on any atom is -0.459 e. The van der Waals surface area contributed by atoms with Gasteiger partial charge in [0.25, 0.3) is 5.69 Å². The quantitative estimate of drug-likeness (QED) is 0.284. The summed E-state index contributed by atoms with van der Waals surface area (Å²) in [5.41, 5.74) is 1.57. The summed E-state index contributed by atoms with van der Waals surface area (Å²) in [6.45, 7) is 5.20. The van der Waals surface area contributed by atoms with Gasteiger partial charge in [0.2, 0.25) is 0 Å². The van der Waals surface area contributed by atoms with Gasteiger partial charge >= 0.3 is 0 Å². The number of rotatable bonds is 8. The number of morpholine rings is 1. The Kier molecular flexibility index (Phi) is 7.03. The molecule has 35 heavy (non-hydrogen) atoms. The number of pyridine rings is 1. The molecule has 0 radical (unpaired) electrons. The molecule has 10 heteroatoms. The number of hydrogen-bond donors (Lipinski definition) is 1. The maximum atomic E-state index is 11.2. The molecule has 3 aromatic rings. The third-order valence-electron chi connectivity index (χ3n) is 6.43. The highest BCUT2D eigenvalue weighted by atomic mass is 32.1. The largest absolute Gasteiger partial charge is 0.459 e. The lowest BCUT2D eigenvalue weighted by atomic mass is 10.0. The van der Waals surface area contributed by atoms with Crippen LogP contribution in [0.4, 0.5) is 5.69 Å². The number of ether oxygens (including phenoxy) is 1. The summed E-state index contributed by atoms with van der Waals surface area (Å²) in [5.74, 6) is 1.32. The van der Waals surface area contributed by atoms with Crippen LogP contribution in [0.3, 0.4) is 0 Å². The molecule has 182 valence electrons. The standard InChI is InChI=1S/C25H27N5O4S/c31-30(32)19-6-3-5-18(17-19)21-8-9-22(34-21)24-23(20-7-1-2-10-26-20)27-25(35)29(24)12-4-11-28-13-15-33-16-14-28/h1-3,5-10,17,23-24H,4,11-16H2,(H,27,35)/t23-,24+/m0/s1. The molecule has 1 aromatic carbocycles. The smallest absolute Gasteiger partial charge is 0.270 e. The van der Waals surface area contributed by atoms with Crippen molar-refractivity contribution in [2.24, 2.45) is 0 Å². The molecule has 0 unspecified atom stereocenters. The first kappa shape index (κ1) is 23.4. The Morgan fingerprint density at radius 3 is 2.74 bits per heavy atom. The van der Waals surface area contributed by atoms with Gasteiger partial charge in [0, 0.05) is 50.1 Å². The fraction of sp³-hybridized carbons (Fsp3) is 0.360. The molecular weight excluding hydrogens is 466 g/mol. The van der Waals surface area contributed by atoms with Crippen LogP contribution in [0.2, 0.25) is 0 Å². The molecule has 2 aliphatic heterocycles. The molecule has 9 nitrogen and oxygen atoms in total. The van der Waals surface area contributed by atoms with Gasteiger partial charge in [-0.1, -0.05) is 18.2 Å². The fourth-order valence-corrected chi connectivity index (χ4v) is 5.02. The molecule has 0 aliphatic carbocycles. The molecule has 2 atom stereocenters. The second-order valence-corrected chi connectivity index (χ2v) is 9.02. The summed E-state index contributed by atoms with van der Waals surface area (Å²) in [4.78, 5) is 20.0. The van der Waals surface area contributed by atoms with Gasteiger partial charge in [0.1, 0.15) is 17.6 Å². The van der Waals surface area contributed by atoms with Crippen LogP contribution in [-0.2, 0) is 4.74 Å². The topological polar surface area (TPSA) is 96.9 Å². The van der Waals surface area contributed by atoms with Gasteiger partial charge in [-0.3, -0.25) is 20.0 Å². The van der Waals surface area contributed by atoms with Gasteiger partial charge in [-0.15, -0.1) is 0 Å². The number of thiocarbonyl (C=S) groups is 1. The maximum absolute atomic E-state index is 11.2. The van der Waals surface area contributed by atoms with E-state index in [-0.39, 0.29) is 17.8 Å². The summed E-state index contributed by atoms with van der Waals surface area (Å²) in [5, 5.41) is 15.3. The normalized spacial score (nSPS) is 20.7. The number of furan rings is 1.